The van der Waals surface area contributed by atoms with Gasteiger partial charge in [0, 0.05) is 26.7 Å². The van der Waals surface area contributed by atoms with Gasteiger partial charge in [0.05, 0.1) is 21.9 Å². The van der Waals surface area contributed by atoms with Crippen molar-refractivity contribution in [3.8, 4) is 0 Å². The molecule has 0 spiro atoms. The Bertz CT molecular complexity index is 521. The SMILES string of the molecule is COCCC(C)(O)CNC(C)c1nc2ccccc2s1. The Morgan fingerprint density at radius 2 is 2.20 bits per heavy atom. The third-order valence-corrected chi connectivity index (χ3v) is 4.53. The Kier molecular flexibility index (Phi) is 5.10. The fourth-order valence-electron chi connectivity index (χ4n) is 1.95. The molecule has 2 rings (SSSR count). The van der Waals surface area contributed by atoms with Crippen molar-refractivity contribution in [3.05, 3.63) is 29.3 Å². The van der Waals surface area contributed by atoms with Gasteiger partial charge in [-0.2, -0.15) is 0 Å². The number of hydrogen-bond acceptors (Lipinski definition) is 5. The van der Waals surface area contributed by atoms with Crippen molar-refractivity contribution in [1.82, 2.24) is 10.3 Å². The molecule has 0 aliphatic rings. The molecule has 0 fully saturated rings. The van der Waals surface area contributed by atoms with Crippen LogP contribution in [0.3, 0.4) is 0 Å². The molecule has 0 bridgehead atoms. The van der Waals surface area contributed by atoms with Crippen LogP contribution in [0, 0.1) is 0 Å². The van der Waals surface area contributed by atoms with Crippen LogP contribution in [0.25, 0.3) is 10.2 Å². The first-order valence-corrected chi connectivity index (χ1v) is 7.64. The molecule has 2 unspecified atom stereocenters. The van der Waals surface area contributed by atoms with E-state index >= 15 is 0 Å². The molecule has 1 heterocycles. The van der Waals surface area contributed by atoms with E-state index in [0.717, 1.165) is 10.5 Å². The third kappa shape index (κ3) is 3.99. The molecule has 110 valence electrons. The van der Waals surface area contributed by atoms with Gasteiger partial charge in [-0.25, -0.2) is 4.98 Å². The third-order valence-electron chi connectivity index (χ3n) is 3.31. The van der Waals surface area contributed by atoms with Gasteiger partial charge in [0.2, 0.25) is 0 Å². The minimum atomic E-state index is -0.763. The topological polar surface area (TPSA) is 54.4 Å². The number of aromatic nitrogens is 1. The fraction of sp³-hybridized carbons (Fsp3) is 0.533. The number of rotatable bonds is 7. The highest BCUT2D eigenvalue weighted by atomic mass is 32.1. The lowest BCUT2D eigenvalue weighted by Gasteiger charge is -2.25. The van der Waals surface area contributed by atoms with Gasteiger partial charge in [0.1, 0.15) is 5.01 Å². The molecule has 1 aromatic heterocycles. The Balaban J connectivity index is 1.96. The van der Waals surface area contributed by atoms with Gasteiger partial charge < -0.3 is 15.2 Å². The number of hydrogen-bond donors (Lipinski definition) is 2. The van der Waals surface area contributed by atoms with Crippen LogP contribution in [0.5, 0.6) is 0 Å². The van der Waals surface area contributed by atoms with Crippen LogP contribution in [0.15, 0.2) is 24.3 Å². The number of fused-ring (bicyclic) bond motifs is 1. The van der Waals surface area contributed by atoms with Gasteiger partial charge in [-0.15, -0.1) is 11.3 Å². The monoisotopic (exact) mass is 294 g/mol. The fourth-order valence-corrected chi connectivity index (χ4v) is 2.94. The number of ether oxygens (including phenoxy) is 1. The average Bonchev–Trinajstić information content (AvgIpc) is 2.86. The first-order valence-electron chi connectivity index (χ1n) is 6.82. The van der Waals surface area contributed by atoms with E-state index in [1.807, 2.05) is 25.1 Å². The van der Waals surface area contributed by atoms with E-state index in [1.54, 1.807) is 18.4 Å². The molecular weight excluding hydrogens is 272 g/mol. The van der Waals surface area contributed by atoms with Crippen molar-refractivity contribution in [2.45, 2.75) is 31.9 Å². The van der Waals surface area contributed by atoms with Gasteiger partial charge >= 0.3 is 0 Å². The van der Waals surface area contributed by atoms with E-state index in [9.17, 15) is 5.11 Å². The predicted molar refractivity (Wildman–Crippen MR) is 83.2 cm³/mol. The van der Waals surface area contributed by atoms with Crippen molar-refractivity contribution >= 4 is 21.6 Å². The second-order valence-corrected chi connectivity index (χ2v) is 6.42. The first-order chi connectivity index (χ1) is 9.52. The van der Waals surface area contributed by atoms with Gasteiger partial charge in [0.15, 0.2) is 0 Å². The van der Waals surface area contributed by atoms with E-state index in [0.29, 0.717) is 19.6 Å². The van der Waals surface area contributed by atoms with E-state index in [2.05, 4.69) is 23.3 Å². The van der Waals surface area contributed by atoms with Crippen LogP contribution >= 0.6 is 11.3 Å². The number of nitrogens with zero attached hydrogens (tertiary/aromatic N) is 1. The maximum atomic E-state index is 10.2. The van der Waals surface area contributed by atoms with Crippen LogP contribution in [0.4, 0.5) is 0 Å². The van der Waals surface area contributed by atoms with Gasteiger partial charge in [-0.3, -0.25) is 0 Å². The number of nitrogens with one attached hydrogen (secondary N) is 1. The lowest BCUT2D eigenvalue weighted by atomic mass is 10.0. The molecule has 2 atom stereocenters. The summed E-state index contributed by atoms with van der Waals surface area (Å²) in [4.78, 5) is 4.63. The van der Waals surface area contributed by atoms with Crippen molar-refractivity contribution < 1.29 is 9.84 Å². The van der Waals surface area contributed by atoms with Crippen molar-refractivity contribution in [3.63, 3.8) is 0 Å². The molecule has 0 aliphatic carbocycles. The zero-order chi connectivity index (χ0) is 14.6. The van der Waals surface area contributed by atoms with Crippen molar-refractivity contribution in [2.75, 3.05) is 20.3 Å². The molecule has 2 N–H and O–H groups in total. The quantitative estimate of drug-likeness (QED) is 0.824. The largest absolute Gasteiger partial charge is 0.389 e. The summed E-state index contributed by atoms with van der Waals surface area (Å²) in [6.07, 6.45) is 0.614. The zero-order valence-corrected chi connectivity index (χ0v) is 13.0. The van der Waals surface area contributed by atoms with Crippen LogP contribution in [0.2, 0.25) is 0 Å². The highest BCUT2D eigenvalue weighted by Gasteiger charge is 2.21. The Morgan fingerprint density at radius 1 is 1.45 bits per heavy atom. The second-order valence-electron chi connectivity index (χ2n) is 5.36. The van der Waals surface area contributed by atoms with Gasteiger partial charge in [-0.05, 0) is 26.0 Å². The van der Waals surface area contributed by atoms with Crippen LogP contribution < -0.4 is 5.32 Å². The van der Waals surface area contributed by atoms with Crippen molar-refractivity contribution in [1.29, 1.82) is 0 Å². The highest BCUT2D eigenvalue weighted by molar-refractivity contribution is 7.18. The van der Waals surface area contributed by atoms with Crippen LogP contribution in [0.1, 0.15) is 31.3 Å². The minimum Gasteiger partial charge on any atom is -0.389 e. The summed E-state index contributed by atoms with van der Waals surface area (Å²) >= 11 is 1.69. The van der Waals surface area contributed by atoms with Crippen LogP contribution in [-0.4, -0.2) is 36.0 Å². The maximum Gasteiger partial charge on any atom is 0.111 e. The van der Waals surface area contributed by atoms with Gasteiger partial charge in [0.25, 0.3) is 0 Å². The summed E-state index contributed by atoms with van der Waals surface area (Å²) < 4.78 is 6.21. The van der Waals surface area contributed by atoms with Crippen LogP contribution in [-0.2, 0) is 4.74 Å². The molecule has 20 heavy (non-hydrogen) atoms. The Hall–Kier alpha value is -1.01. The maximum absolute atomic E-state index is 10.2. The average molecular weight is 294 g/mol. The number of aliphatic hydroxyl groups is 1. The van der Waals surface area contributed by atoms with E-state index in [4.69, 9.17) is 4.74 Å². The summed E-state index contributed by atoms with van der Waals surface area (Å²) in [6, 6.07) is 8.26. The van der Waals surface area contributed by atoms with E-state index < -0.39 is 5.60 Å². The predicted octanol–water partition coefficient (Wildman–Crippen LogP) is 2.73. The zero-order valence-electron chi connectivity index (χ0n) is 12.2. The molecule has 0 aliphatic heterocycles. The molecule has 2 aromatic rings. The first kappa shape index (κ1) is 15.4. The second kappa shape index (κ2) is 6.63. The number of thiazole rings is 1. The summed E-state index contributed by atoms with van der Waals surface area (Å²) in [5, 5.41) is 14.6. The van der Waals surface area contributed by atoms with E-state index in [-0.39, 0.29) is 6.04 Å². The molecule has 0 radical (unpaired) electrons. The summed E-state index contributed by atoms with van der Waals surface area (Å²) in [6.45, 7) is 4.98. The Labute approximate surface area is 123 Å². The van der Waals surface area contributed by atoms with Crippen molar-refractivity contribution in [2.24, 2.45) is 0 Å². The normalized spacial score (nSPS) is 16.2. The summed E-state index contributed by atoms with van der Waals surface area (Å²) in [5.41, 5.74) is 0.272. The van der Waals surface area contributed by atoms with Gasteiger partial charge in [-0.1, -0.05) is 12.1 Å². The molecule has 1 aromatic carbocycles. The molecule has 0 saturated carbocycles. The number of benzene rings is 1. The van der Waals surface area contributed by atoms with E-state index in [1.165, 1.54) is 4.70 Å². The molecule has 0 saturated heterocycles. The summed E-state index contributed by atoms with van der Waals surface area (Å²) in [7, 11) is 1.65. The smallest absolute Gasteiger partial charge is 0.111 e. The molecular formula is C15H22N2O2S. The molecule has 0 amide bonds. The number of para-hydroxylation sites is 1. The lowest BCUT2D eigenvalue weighted by Crippen LogP contribution is -2.39. The highest BCUT2D eigenvalue weighted by Crippen LogP contribution is 2.26. The molecule has 5 heteroatoms. The Morgan fingerprint density at radius 3 is 2.90 bits per heavy atom. The minimum absolute atomic E-state index is 0.126. The summed E-state index contributed by atoms with van der Waals surface area (Å²) in [5.74, 6) is 0. The lowest BCUT2D eigenvalue weighted by molar-refractivity contribution is 0.0231. The number of methoxy groups -OCH3 is 1. The molecule has 4 nitrogen and oxygen atoms in total. The standard InChI is InChI=1S/C15H22N2O2S/c1-11(16-10-15(2,18)8-9-19-3)14-17-12-6-4-5-7-13(12)20-14/h4-7,11,16,18H,8-10H2,1-3H3.